The number of benzene rings is 2. The van der Waals surface area contributed by atoms with Crippen molar-refractivity contribution in [3.63, 3.8) is 0 Å². The maximum absolute atomic E-state index is 6.05. The van der Waals surface area contributed by atoms with E-state index < -0.39 is 0 Å². The second kappa shape index (κ2) is 9.91. The van der Waals surface area contributed by atoms with E-state index in [4.69, 9.17) is 9.47 Å². The summed E-state index contributed by atoms with van der Waals surface area (Å²) < 4.78 is 12.0. The summed E-state index contributed by atoms with van der Waals surface area (Å²) in [5.74, 6) is 1.72. The smallest absolute Gasteiger partial charge is 0.106 e. The zero-order valence-corrected chi connectivity index (χ0v) is 18.1. The van der Waals surface area contributed by atoms with Crippen LogP contribution in [0.3, 0.4) is 0 Å². The molecule has 0 amide bonds. The Morgan fingerprint density at radius 3 is 1.86 bits per heavy atom. The zero-order valence-electron chi connectivity index (χ0n) is 18.1. The molecule has 0 N–H and O–H groups in total. The van der Waals surface area contributed by atoms with Gasteiger partial charge in [-0.15, -0.1) is 0 Å². The minimum absolute atomic E-state index is 0.0674. The van der Waals surface area contributed by atoms with E-state index in [0.29, 0.717) is 13.2 Å². The van der Waals surface area contributed by atoms with Gasteiger partial charge in [-0.2, -0.15) is 0 Å². The molecule has 2 fully saturated rings. The van der Waals surface area contributed by atoms with Gasteiger partial charge < -0.3 is 9.47 Å². The lowest BCUT2D eigenvalue weighted by Gasteiger charge is -2.29. The van der Waals surface area contributed by atoms with Crippen molar-refractivity contribution in [1.82, 2.24) is 0 Å². The Morgan fingerprint density at radius 1 is 0.724 bits per heavy atom. The molecule has 1 heterocycles. The fourth-order valence-electron chi connectivity index (χ4n) is 4.97. The van der Waals surface area contributed by atoms with Gasteiger partial charge in [0.2, 0.25) is 0 Å². The van der Waals surface area contributed by atoms with E-state index in [0.717, 1.165) is 24.7 Å². The lowest BCUT2D eigenvalue weighted by atomic mass is 9.77. The van der Waals surface area contributed by atoms with E-state index >= 15 is 0 Å². The Bertz CT molecular complexity index is 733. The third kappa shape index (κ3) is 5.10. The Kier molecular flexibility index (Phi) is 7.05. The first-order valence-electron chi connectivity index (χ1n) is 11.7. The summed E-state index contributed by atoms with van der Waals surface area (Å²) in [5.41, 5.74) is 5.31. The average molecular weight is 393 g/mol. The van der Waals surface area contributed by atoms with E-state index in [1.54, 1.807) is 0 Å². The highest BCUT2D eigenvalue weighted by Gasteiger charge is 2.23. The van der Waals surface area contributed by atoms with E-state index in [9.17, 15) is 0 Å². The summed E-state index contributed by atoms with van der Waals surface area (Å²) in [6, 6.07) is 18.1. The predicted molar refractivity (Wildman–Crippen MR) is 120 cm³/mol. The van der Waals surface area contributed by atoms with Crippen molar-refractivity contribution in [2.24, 2.45) is 5.92 Å². The van der Waals surface area contributed by atoms with Crippen LogP contribution in [0.15, 0.2) is 48.5 Å². The molecule has 0 radical (unpaired) electrons. The van der Waals surface area contributed by atoms with Gasteiger partial charge in [0.15, 0.2) is 0 Å². The molecule has 1 saturated carbocycles. The fourth-order valence-corrected chi connectivity index (χ4v) is 4.97. The highest BCUT2D eigenvalue weighted by atomic mass is 16.6. The van der Waals surface area contributed by atoms with Gasteiger partial charge in [0.25, 0.3) is 0 Å². The normalized spacial score (nSPS) is 27.7. The van der Waals surface area contributed by atoms with Crippen molar-refractivity contribution in [1.29, 1.82) is 0 Å². The molecule has 2 aromatic carbocycles. The number of hydrogen-bond acceptors (Lipinski definition) is 2. The third-order valence-electron chi connectivity index (χ3n) is 7.00. The molecule has 2 nitrogen and oxygen atoms in total. The molecule has 2 aliphatic rings. The maximum Gasteiger partial charge on any atom is 0.106 e. The second-order valence-corrected chi connectivity index (χ2v) is 8.94. The molecule has 0 bridgehead atoms. The number of hydrogen-bond donors (Lipinski definition) is 0. The molecule has 1 aliphatic carbocycles. The van der Waals surface area contributed by atoms with Crippen LogP contribution in [-0.4, -0.2) is 19.3 Å². The topological polar surface area (TPSA) is 18.5 Å². The summed E-state index contributed by atoms with van der Waals surface area (Å²) in [7, 11) is 0. The molecule has 156 valence electrons. The van der Waals surface area contributed by atoms with E-state index in [1.165, 1.54) is 54.4 Å². The highest BCUT2D eigenvalue weighted by molar-refractivity contribution is 5.64. The van der Waals surface area contributed by atoms with E-state index in [1.807, 2.05) is 0 Å². The molecular formula is C27H36O2. The van der Waals surface area contributed by atoms with Crippen molar-refractivity contribution in [2.45, 2.75) is 76.9 Å². The molecule has 1 saturated heterocycles. The van der Waals surface area contributed by atoms with Crippen LogP contribution in [0.2, 0.25) is 0 Å². The SMILES string of the molecule is CCC[C@@H]1CO[C@@H](c2ccc(-c3ccc(C4CCC(CC)CC4)cc3)cc2)CO1. The lowest BCUT2D eigenvalue weighted by Crippen LogP contribution is -2.30. The predicted octanol–water partition coefficient (Wildman–Crippen LogP) is 7.29. The van der Waals surface area contributed by atoms with Gasteiger partial charge in [-0.3, -0.25) is 0 Å². The summed E-state index contributed by atoms with van der Waals surface area (Å²) in [5, 5.41) is 0. The Hall–Kier alpha value is -1.64. The molecule has 2 aromatic rings. The molecule has 0 unspecified atom stereocenters. The van der Waals surface area contributed by atoms with Crippen LogP contribution in [0.25, 0.3) is 11.1 Å². The Balaban J connectivity index is 1.36. The summed E-state index contributed by atoms with van der Waals surface area (Å²) in [6.07, 6.45) is 9.42. The molecule has 0 aromatic heterocycles. The maximum atomic E-state index is 6.05. The quantitative estimate of drug-likeness (QED) is 0.514. The number of ether oxygens (including phenoxy) is 2. The third-order valence-corrected chi connectivity index (χ3v) is 7.00. The highest BCUT2D eigenvalue weighted by Crippen LogP contribution is 2.37. The van der Waals surface area contributed by atoms with Gasteiger partial charge in [0.05, 0.1) is 19.3 Å². The molecule has 29 heavy (non-hydrogen) atoms. The first kappa shape index (κ1) is 20.6. The molecule has 1 aliphatic heterocycles. The van der Waals surface area contributed by atoms with Crippen LogP contribution in [0.5, 0.6) is 0 Å². The largest absolute Gasteiger partial charge is 0.373 e. The monoisotopic (exact) mass is 392 g/mol. The molecule has 0 spiro atoms. The van der Waals surface area contributed by atoms with Gasteiger partial charge in [0, 0.05) is 0 Å². The first-order valence-corrected chi connectivity index (χ1v) is 11.7. The van der Waals surface area contributed by atoms with Crippen molar-refractivity contribution >= 4 is 0 Å². The minimum Gasteiger partial charge on any atom is -0.373 e. The zero-order chi connectivity index (χ0) is 20.1. The Labute approximate surface area is 176 Å². The molecule has 4 rings (SSSR count). The first-order chi connectivity index (χ1) is 14.3. The van der Waals surface area contributed by atoms with Gasteiger partial charge in [-0.1, -0.05) is 75.2 Å². The standard InChI is InChI=1S/C27H36O2/c1-3-5-26-18-29-27(19-28-26)25-16-14-24(15-17-25)23-12-10-22(11-13-23)21-8-6-20(4-2)7-9-21/h10-17,20-21,26-27H,3-9,18-19H2,1-2H3/t20?,21?,26-,27-/m1/s1. The lowest BCUT2D eigenvalue weighted by molar-refractivity contribution is -0.137. The fraction of sp³-hybridized carbons (Fsp3) is 0.556. The summed E-state index contributed by atoms with van der Waals surface area (Å²) >= 11 is 0. The summed E-state index contributed by atoms with van der Waals surface area (Å²) in [6.45, 7) is 5.90. The minimum atomic E-state index is 0.0674. The van der Waals surface area contributed by atoms with Gasteiger partial charge in [0.1, 0.15) is 6.10 Å². The Morgan fingerprint density at radius 2 is 1.34 bits per heavy atom. The second-order valence-electron chi connectivity index (χ2n) is 8.94. The van der Waals surface area contributed by atoms with Gasteiger partial charge in [-0.05, 0) is 66.2 Å². The van der Waals surface area contributed by atoms with Gasteiger partial charge >= 0.3 is 0 Å². The molecular weight excluding hydrogens is 356 g/mol. The average Bonchev–Trinajstić information content (AvgIpc) is 2.80. The molecule has 2 heteroatoms. The van der Waals surface area contributed by atoms with E-state index in [-0.39, 0.29) is 12.2 Å². The van der Waals surface area contributed by atoms with Crippen LogP contribution in [0.1, 0.15) is 81.9 Å². The van der Waals surface area contributed by atoms with Crippen molar-refractivity contribution < 1.29 is 9.47 Å². The van der Waals surface area contributed by atoms with Crippen LogP contribution < -0.4 is 0 Å². The van der Waals surface area contributed by atoms with E-state index in [2.05, 4.69) is 62.4 Å². The van der Waals surface area contributed by atoms with Crippen molar-refractivity contribution in [3.05, 3.63) is 59.7 Å². The van der Waals surface area contributed by atoms with Gasteiger partial charge in [-0.25, -0.2) is 0 Å². The van der Waals surface area contributed by atoms with Crippen molar-refractivity contribution in [2.75, 3.05) is 13.2 Å². The number of rotatable bonds is 6. The van der Waals surface area contributed by atoms with Crippen LogP contribution in [0.4, 0.5) is 0 Å². The summed E-state index contributed by atoms with van der Waals surface area (Å²) in [4.78, 5) is 0. The van der Waals surface area contributed by atoms with Crippen LogP contribution in [0, 0.1) is 5.92 Å². The van der Waals surface area contributed by atoms with Crippen molar-refractivity contribution in [3.8, 4) is 11.1 Å². The molecule has 2 atom stereocenters. The van der Waals surface area contributed by atoms with Crippen LogP contribution >= 0.6 is 0 Å². The van der Waals surface area contributed by atoms with Crippen LogP contribution in [-0.2, 0) is 9.47 Å².